The number of piperidine rings is 1. The van der Waals surface area contributed by atoms with Gasteiger partial charge in [0.1, 0.15) is 5.82 Å². The predicted molar refractivity (Wildman–Crippen MR) is 142 cm³/mol. The lowest BCUT2D eigenvalue weighted by molar-refractivity contribution is -0.152. The van der Waals surface area contributed by atoms with Gasteiger partial charge in [-0.15, -0.1) is 0 Å². The van der Waals surface area contributed by atoms with Crippen LogP contribution in [0.1, 0.15) is 31.0 Å². The van der Waals surface area contributed by atoms with Crippen molar-refractivity contribution in [1.29, 1.82) is 0 Å². The molecule has 0 bridgehead atoms. The molecule has 1 N–H and O–H groups in total. The van der Waals surface area contributed by atoms with Crippen molar-refractivity contribution in [1.82, 2.24) is 19.7 Å². The van der Waals surface area contributed by atoms with Crippen molar-refractivity contribution in [2.45, 2.75) is 25.4 Å². The van der Waals surface area contributed by atoms with Crippen molar-refractivity contribution in [2.24, 2.45) is 24.8 Å². The molecular formula is C28H32ClN5O3. The molecule has 0 radical (unpaired) electrons. The molecular weight excluding hydrogens is 490 g/mol. The number of anilines is 1. The third kappa shape index (κ3) is 4.64. The fourth-order valence-electron chi connectivity index (χ4n) is 5.99. The second kappa shape index (κ2) is 9.91. The van der Waals surface area contributed by atoms with Gasteiger partial charge < -0.3 is 14.9 Å². The van der Waals surface area contributed by atoms with Crippen molar-refractivity contribution in [3.63, 3.8) is 0 Å². The normalized spacial score (nSPS) is 27.9. The molecule has 2 aliphatic rings. The van der Waals surface area contributed by atoms with Crippen molar-refractivity contribution in [2.75, 3.05) is 31.1 Å². The van der Waals surface area contributed by atoms with E-state index in [1.54, 1.807) is 25.4 Å². The zero-order valence-corrected chi connectivity index (χ0v) is 22.0. The number of aromatic nitrogens is 3. The molecule has 2 saturated heterocycles. The minimum Gasteiger partial charge on any atom is -0.384 e. The van der Waals surface area contributed by atoms with E-state index in [9.17, 15) is 14.7 Å². The molecule has 194 valence electrons. The summed E-state index contributed by atoms with van der Waals surface area (Å²) in [6, 6.07) is 16.6. The number of hydrogen-bond acceptors (Lipinski definition) is 6. The highest BCUT2D eigenvalue weighted by Gasteiger charge is 2.49. The van der Waals surface area contributed by atoms with E-state index in [1.165, 1.54) is 10.7 Å². The lowest BCUT2D eigenvalue weighted by Crippen LogP contribution is -2.57. The number of carbonyl (C=O) groups is 1. The lowest BCUT2D eigenvalue weighted by atomic mass is 9.70. The monoisotopic (exact) mass is 521 g/mol. The molecule has 2 aliphatic heterocycles. The molecule has 1 amide bonds. The van der Waals surface area contributed by atoms with Gasteiger partial charge in [-0.05, 0) is 23.8 Å². The average Bonchev–Trinajstić information content (AvgIpc) is 3.34. The fraction of sp³-hybridized carbons (Fsp3) is 0.429. The van der Waals surface area contributed by atoms with Crippen LogP contribution >= 0.6 is 11.6 Å². The number of likely N-dealkylation sites (tertiary alicyclic amines) is 1. The van der Waals surface area contributed by atoms with Crippen molar-refractivity contribution in [3.8, 4) is 0 Å². The predicted octanol–water partition coefficient (Wildman–Crippen LogP) is 3.05. The smallest absolute Gasteiger partial charge is 0.266 e. The van der Waals surface area contributed by atoms with Crippen LogP contribution in [0.2, 0.25) is 5.02 Å². The number of hydrogen-bond donors (Lipinski definition) is 1. The van der Waals surface area contributed by atoms with E-state index in [-0.39, 0.29) is 35.1 Å². The van der Waals surface area contributed by atoms with Gasteiger partial charge in [-0.1, -0.05) is 55.8 Å². The molecule has 0 spiro atoms. The van der Waals surface area contributed by atoms with E-state index < -0.39 is 5.60 Å². The Morgan fingerprint density at radius 2 is 1.70 bits per heavy atom. The Labute approximate surface area is 221 Å². The van der Waals surface area contributed by atoms with Gasteiger partial charge in [-0.3, -0.25) is 14.6 Å². The number of amides is 1. The molecule has 5 atom stereocenters. The maximum Gasteiger partial charge on any atom is 0.266 e. The van der Waals surface area contributed by atoms with Crippen LogP contribution < -0.4 is 10.5 Å². The number of benzene rings is 1. The van der Waals surface area contributed by atoms with Crippen LogP contribution in [0.4, 0.5) is 5.82 Å². The lowest BCUT2D eigenvalue weighted by Gasteiger charge is -2.48. The van der Waals surface area contributed by atoms with E-state index in [0.717, 1.165) is 11.3 Å². The molecule has 3 aromatic rings. The number of aryl methyl sites for hydroxylation is 1. The first-order chi connectivity index (χ1) is 17.7. The third-order valence-electron chi connectivity index (χ3n) is 8.08. The van der Waals surface area contributed by atoms with Crippen molar-refractivity contribution >= 4 is 23.3 Å². The van der Waals surface area contributed by atoms with Crippen LogP contribution in [0.5, 0.6) is 0 Å². The topological polar surface area (TPSA) is 91.6 Å². The van der Waals surface area contributed by atoms with Crippen LogP contribution in [-0.2, 0) is 17.4 Å². The molecule has 9 heteroatoms. The van der Waals surface area contributed by atoms with E-state index >= 15 is 0 Å². The molecule has 8 nitrogen and oxygen atoms in total. The van der Waals surface area contributed by atoms with Gasteiger partial charge in [0.15, 0.2) is 0 Å². The second-order valence-electron chi connectivity index (χ2n) is 10.4. The highest BCUT2D eigenvalue weighted by molar-refractivity contribution is 6.30. The van der Waals surface area contributed by atoms with Gasteiger partial charge in [0.2, 0.25) is 5.91 Å². The Bertz CT molecular complexity index is 1320. The summed E-state index contributed by atoms with van der Waals surface area (Å²) < 4.78 is 1.30. The van der Waals surface area contributed by atoms with Gasteiger partial charge in [-0.25, -0.2) is 4.68 Å². The Balaban J connectivity index is 1.42. The molecule has 37 heavy (non-hydrogen) atoms. The first-order valence-electron chi connectivity index (χ1n) is 12.7. The summed E-state index contributed by atoms with van der Waals surface area (Å²) >= 11 is 6.09. The van der Waals surface area contributed by atoms with Gasteiger partial charge in [-0.2, -0.15) is 5.10 Å². The summed E-state index contributed by atoms with van der Waals surface area (Å²) in [6.45, 7) is 5.95. The van der Waals surface area contributed by atoms with Crippen LogP contribution in [0, 0.1) is 17.8 Å². The number of halogens is 1. The SMILES string of the molecule is C[C@@H]1CN(C(=O)[C@@H]2CN(c3ccc(=O)n(C)n3)C[C@H]2c2ccc(Cl)cn2)C[C@H](C)[C@@]1(O)c1ccccc1. The van der Waals surface area contributed by atoms with Gasteiger partial charge in [0.25, 0.3) is 5.56 Å². The molecule has 0 saturated carbocycles. The summed E-state index contributed by atoms with van der Waals surface area (Å²) in [4.78, 5) is 34.4. The van der Waals surface area contributed by atoms with Crippen LogP contribution in [0.25, 0.3) is 0 Å². The largest absolute Gasteiger partial charge is 0.384 e. The van der Waals surface area contributed by atoms with Crippen LogP contribution in [0.15, 0.2) is 65.6 Å². The van der Waals surface area contributed by atoms with Crippen LogP contribution in [-0.4, -0.2) is 56.9 Å². The standard InChI is InChI=1S/C28H32ClN5O3/c1-18-14-34(15-19(2)28(18,37)20-7-5-4-6-8-20)27(36)23-17-33(25-11-12-26(35)32(3)31-25)16-22(23)24-10-9-21(29)13-30-24/h4-13,18-19,22-23,37H,14-17H2,1-3H3/t18-,19+,22-,23-,28-/m1/s1. The Morgan fingerprint density at radius 1 is 1.00 bits per heavy atom. The molecule has 0 aliphatic carbocycles. The number of nitrogens with zero attached hydrogens (tertiary/aromatic N) is 5. The quantitative estimate of drug-likeness (QED) is 0.567. The fourth-order valence-corrected chi connectivity index (χ4v) is 6.11. The third-order valence-corrected chi connectivity index (χ3v) is 8.30. The molecule has 0 unspecified atom stereocenters. The summed E-state index contributed by atoms with van der Waals surface area (Å²) in [5, 5.41) is 16.7. The number of pyridine rings is 1. The maximum atomic E-state index is 14.1. The number of aliphatic hydroxyl groups is 1. The minimum absolute atomic E-state index is 0.0443. The number of carbonyl (C=O) groups excluding carboxylic acids is 1. The molecule has 5 rings (SSSR count). The Hall–Kier alpha value is -3.23. The first kappa shape index (κ1) is 25.4. The van der Waals surface area contributed by atoms with E-state index in [1.807, 2.05) is 60.0 Å². The highest BCUT2D eigenvalue weighted by Crippen LogP contribution is 2.43. The summed E-state index contributed by atoms with van der Waals surface area (Å²) in [5.41, 5.74) is 0.496. The second-order valence-corrected chi connectivity index (χ2v) is 10.8. The average molecular weight is 522 g/mol. The van der Waals surface area contributed by atoms with E-state index in [0.29, 0.717) is 37.0 Å². The van der Waals surface area contributed by atoms with Gasteiger partial charge >= 0.3 is 0 Å². The summed E-state index contributed by atoms with van der Waals surface area (Å²) in [7, 11) is 1.62. The van der Waals surface area contributed by atoms with Crippen molar-refractivity contribution < 1.29 is 9.90 Å². The molecule has 2 aromatic heterocycles. The Morgan fingerprint density at radius 3 is 2.32 bits per heavy atom. The zero-order chi connectivity index (χ0) is 26.3. The van der Waals surface area contributed by atoms with E-state index in [2.05, 4.69) is 10.1 Å². The van der Waals surface area contributed by atoms with Crippen molar-refractivity contribution in [3.05, 3.63) is 87.4 Å². The van der Waals surface area contributed by atoms with Gasteiger partial charge in [0.05, 0.1) is 16.5 Å². The van der Waals surface area contributed by atoms with Crippen LogP contribution in [0.3, 0.4) is 0 Å². The van der Waals surface area contributed by atoms with Gasteiger partial charge in [0, 0.05) is 68.9 Å². The maximum absolute atomic E-state index is 14.1. The minimum atomic E-state index is -1.00. The van der Waals surface area contributed by atoms with E-state index in [4.69, 9.17) is 11.6 Å². The highest BCUT2D eigenvalue weighted by atomic mass is 35.5. The number of rotatable bonds is 4. The zero-order valence-electron chi connectivity index (χ0n) is 21.3. The summed E-state index contributed by atoms with van der Waals surface area (Å²) in [5.74, 6) is -0.104. The Kier molecular flexibility index (Phi) is 6.81. The molecule has 4 heterocycles. The summed E-state index contributed by atoms with van der Waals surface area (Å²) in [6.07, 6.45) is 1.61. The molecule has 2 fully saturated rings. The first-order valence-corrected chi connectivity index (χ1v) is 13.0. The molecule has 1 aromatic carbocycles.